The number of nitrogens with zero attached hydrogens (tertiary/aromatic N) is 1. The highest BCUT2D eigenvalue weighted by atomic mass is 16.7. The van der Waals surface area contributed by atoms with Crippen molar-refractivity contribution in [3.05, 3.63) is 0 Å². The normalized spacial score (nSPS) is 18.2. The Morgan fingerprint density at radius 3 is 1.88 bits per heavy atom. The third kappa shape index (κ3) is 9.15. The lowest BCUT2D eigenvalue weighted by Crippen LogP contribution is -2.41. The molecule has 0 aromatic carbocycles. The molecule has 0 unspecified atom stereocenters. The van der Waals surface area contributed by atoms with Gasteiger partial charge in [-0.15, -0.1) is 5.06 Å². The van der Waals surface area contributed by atoms with E-state index in [2.05, 4.69) is 15.5 Å². The van der Waals surface area contributed by atoms with Gasteiger partial charge in [0.15, 0.2) is 0 Å². The third-order valence-corrected chi connectivity index (χ3v) is 5.73. The van der Waals surface area contributed by atoms with Gasteiger partial charge < -0.3 is 15.5 Å². The molecule has 4 amide bonds. The van der Waals surface area contributed by atoms with Crippen molar-refractivity contribution in [2.24, 2.45) is 5.92 Å². The van der Waals surface area contributed by atoms with Crippen LogP contribution in [-0.2, 0) is 33.6 Å². The Morgan fingerprint density at radius 2 is 1.28 bits per heavy atom. The Labute approximate surface area is 187 Å². The Hall–Kier alpha value is -2.78. The number of nitrogens with one attached hydrogen (secondary N) is 2. The average Bonchev–Trinajstić information content (AvgIpc) is 3.10. The zero-order chi connectivity index (χ0) is 23.3. The standard InChI is InChI=1S/C22H33N3O7/c26-17(16-8-6-4-2-1-3-5-7-9-16)10-11-18(27)23-14-19(28)24-15-22(31)32-25-20(29)12-13-21(25)30/h16H,1-15H2,(H,23,27)(H,24,28). The molecule has 1 aliphatic heterocycles. The van der Waals surface area contributed by atoms with Crippen LogP contribution in [-0.4, -0.2) is 53.5 Å². The molecular formula is C22H33N3O7. The van der Waals surface area contributed by atoms with Gasteiger partial charge in [0.2, 0.25) is 11.8 Å². The van der Waals surface area contributed by atoms with Crippen LogP contribution in [0.2, 0.25) is 0 Å². The van der Waals surface area contributed by atoms with E-state index in [-0.39, 0.29) is 43.9 Å². The second-order valence-corrected chi connectivity index (χ2v) is 8.31. The Balaban J connectivity index is 1.60. The second kappa shape index (κ2) is 13.6. The lowest BCUT2D eigenvalue weighted by molar-refractivity contribution is -0.196. The molecule has 0 bridgehead atoms. The Bertz CT molecular complexity index is 696. The number of amides is 4. The SMILES string of the molecule is O=C(CCC(=O)C1CCCCCCCCC1)NCC(=O)NCC(=O)ON1C(=O)CCC1=O. The molecule has 0 spiro atoms. The van der Waals surface area contributed by atoms with Crippen LogP contribution in [0.3, 0.4) is 0 Å². The van der Waals surface area contributed by atoms with Crippen LogP contribution in [0.15, 0.2) is 0 Å². The summed E-state index contributed by atoms with van der Waals surface area (Å²) in [6.45, 7) is -0.906. The van der Waals surface area contributed by atoms with Crippen LogP contribution in [0, 0.1) is 5.92 Å². The van der Waals surface area contributed by atoms with Crippen LogP contribution in [0.4, 0.5) is 0 Å². The molecule has 10 nitrogen and oxygen atoms in total. The molecule has 2 fully saturated rings. The molecule has 1 saturated carbocycles. The number of hydrogen-bond acceptors (Lipinski definition) is 7. The fourth-order valence-electron chi connectivity index (χ4n) is 3.86. The first-order chi connectivity index (χ1) is 15.4. The summed E-state index contributed by atoms with van der Waals surface area (Å²) in [7, 11) is 0. The zero-order valence-electron chi connectivity index (χ0n) is 18.5. The van der Waals surface area contributed by atoms with Crippen LogP contribution in [0.1, 0.15) is 83.5 Å². The fraction of sp³-hybridized carbons (Fsp3) is 0.727. The number of hydroxylamine groups is 2. The number of rotatable bonds is 9. The molecule has 0 radical (unpaired) electrons. The summed E-state index contributed by atoms with van der Waals surface area (Å²) in [5.74, 6) is -3.10. The Kier molecular flexibility index (Phi) is 10.8. The van der Waals surface area contributed by atoms with E-state index < -0.39 is 36.1 Å². The van der Waals surface area contributed by atoms with Crippen molar-refractivity contribution in [2.45, 2.75) is 83.5 Å². The number of imide groups is 1. The van der Waals surface area contributed by atoms with Gasteiger partial charge in [-0.3, -0.25) is 24.0 Å². The van der Waals surface area contributed by atoms with E-state index in [0.717, 1.165) is 38.5 Å². The maximum absolute atomic E-state index is 12.5. The van der Waals surface area contributed by atoms with Gasteiger partial charge in [0, 0.05) is 31.6 Å². The first-order valence-corrected chi connectivity index (χ1v) is 11.5. The van der Waals surface area contributed by atoms with Gasteiger partial charge in [-0.1, -0.05) is 44.9 Å². The van der Waals surface area contributed by atoms with Crippen molar-refractivity contribution >= 4 is 35.4 Å². The smallest absolute Gasteiger partial charge is 0.347 e. The molecule has 2 N–H and O–H groups in total. The van der Waals surface area contributed by atoms with Gasteiger partial charge in [-0.05, 0) is 12.8 Å². The topological polar surface area (TPSA) is 139 Å². The van der Waals surface area contributed by atoms with Gasteiger partial charge in [0.25, 0.3) is 11.8 Å². The van der Waals surface area contributed by atoms with Gasteiger partial charge in [0.1, 0.15) is 12.3 Å². The van der Waals surface area contributed by atoms with Crippen LogP contribution < -0.4 is 10.6 Å². The minimum Gasteiger partial charge on any atom is -0.347 e. The molecule has 32 heavy (non-hydrogen) atoms. The zero-order valence-corrected chi connectivity index (χ0v) is 18.5. The van der Waals surface area contributed by atoms with E-state index in [9.17, 15) is 28.8 Å². The molecule has 178 valence electrons. The molecule has 2 rings (SSSR count). The summed E-state index contributed by atoms with van der Waals surface area (Å²) in [5.41, 5.74) is 0. The van der Waals surface area contributed by atoms with Crippen molar-refractivity contribution in [2.75, 3.05) is 13.1 Å². The van der Waals surface area contributed by atoms with Crippen LogP contribution >= 0.6 is 0 Å². The number of carbonyl (C=O) groups excluding carboxylic acids is 6. The van der Waals surface area contributed by atoms with Crippen molar-refractivity contribution in [1.29, 1.82) is 0 Å². The summed E-state index contributed by atoms with van der Waals surface area (Å²) in [6, 6.07) is 0. The van der Waals surface area contributed by atoms with Gasteiger partial charge in [-0.25, -0.2) is 4.79 Å². The van der Waals surface area contributed by atoms with Crippen molar-refractivity contribution in [3.63, 3.8) is 0 Å². The van der Waals surface area contributed by atoms with E-state index in [4.69, 9.17) is 0 Å². The predicted molar refractivity (Wildman–Crippen MR) is 112 cm³/mol. The molecule has 2 aliphatic rings. The summed E-state index contributed by atoms with van der Waals surface area (Å²) >= 11 is 0. The summed E-state index contributed by atoms with van der Waals surface area (Å²) in [6.07, 6.45) is 10.0. The molecule has 10 heteroatoms. The van der Waals surface area contributed by atoms with Crippen molar-refractivity contribution in [1.82, 2.24) is 15.7 Å². The third-order valence-electron chi connectivity index (χ3n) is 5.73. The number of ketones is 1. The number of hydrogen-bond donors (Lipinski definition) is 2. The lowest BCUT2D eigenvalue weighted by atomic mass is 9.87. The average molecular weight is 452 g/mol. The van der Waals surface area contributed by atoms with Gasteiger partial charge in [-0.2, -0.15) is 0 Å². The quantitative estimate of drug-likeness (QED) is 0.504. The molecule has 1 saturated heterocycles. The largest absolute Gasteiger partial charge is 0.352 e. The summed E-state index contributed by atoms with van der Waals surface area (Å²) < 4.78 is 0. The van der Waals surface area contributed by atoms with Crippen molar-refractivity contribution < 1.29 is 33.6 Å². The van der Waals surface area contributed by atoms with Crippen LogP contribution in [0.25, 0.3) is 0 Å². The molecule has 0 aromatic rings. The molecule has 1 heterocycles. The van der Waals surface area contributed by atoms with E-state index in [0.29, 0.717) is 5.06 Å². The van der Waals surface area contributed by atoms with E-state index in [1.165, 1.54) is 19.3 Å². The second-order valence-electron chi connectivity index (χ2n) is 8.31. The minimum absolute atomic E-state index is 0.0177. The molecule has 0 aromatic heterocycles. The molecule has 1 aliphatic carbocycles. The monoisotopic (exact) mass is 451 g/mol. The minimum atomic E-state index is -0.968. The number of Topliss-reactive ketones (excluding diaryl/α,β-unsaturated/α-hetero) is 1. The highest BCUT2D eigenvalue weighted by Gasteiger charge is 2.32. The highest BCUT2D eigenvalue weighted by Crippen LogP contribution is 2.23. The number of carbonyl (C=O) groups is 6. The first-order valence-electron chi connectivity index (χ1n) is 11.5. The van der Waals surface area contributed by atoms with Gasteiger partial charge in [0.05, 0.1) is 6.54 Å². The first kappa shape index (κ1) is 25.5. The predicted octanol–water partition coefficient (Wildman–Crippen LogP) is 1.32. The van der Waals surface area contributed by atoms with Crippen molar-refractivity contribution in [3.8, 4) is 0 Å². The maximum atomic E-state index is 12.5. The molecule has 0 atom stereocenters. The lowest BCUT2D eigenvalue weighted by Gasteiger charge is -2.17. The van der Waals surface area contributed by atoms with E-state index in [1.807, 2.05) is 0 Å². The summed E-state index contributed by atoms with van der Waals surface area (Å²) in [5, 5.41) is 5.05. The molecular weight excluding hydrogens is 418 g/mol. The summed E-state index contributed by atoms with van der Waals surface area (Å²) in [4.78, 5) is 75.3. The maximum Gasteiger partial charge on any atom is 0.352 e. The fourth-order valence-corrected chi connectivity index (χ4v) is 3.86. The van der Waals surface area contributed by atoms with E-state index >= 15 is 0 Å². The van der Waals surface area contributed by atoms with Crippen LogP contribution in [0.5, 0.6) is 0 Å². The highest BCUT2D eigenvalue weighted by molar-refractivity contribution is 6.01. The van der Waals surface area contributed by atoms with E-state index in [1.54, 1.807) is 0 Å². The van der Waals surface area contributed by atoms with Gasteiger partial charge >= 0.3 is 5.97 Å². The Morgan fingerprint density at radius 1 is 0.750 bits per heavy atom.